The molecular weight excluding hydrogens is 368 g/mol. The van der Waals surface area contributed by atoms with E-state index in [0.717, 1.165) is 11.3 Å². The maximum absolute atomic E-state index is 5.74. The fourth-order valence-electron chi connectivity index (χ4n) is 2.66. The number of rotatable bonds is 8. The van der Waals surface area contributed by atoms with Gasteiger partial charge in [0.25, 0.3) is 0 Å². The zero-order valence-corrected chi connectivity index (χ0v) is 17.3. The second-order valence-corrected chi connectivity index (χ2v) is 7.15. The van der Waals surface area contributed by atoms with Crippen LogP contribution in [0.1, 0.15) is 38.2 Å². The minimum atomic E-state index is 0.0776. The van der Waals surface area contributed by atoms with E-state index in [2.05, 4.69) is 63.7 Å². The van der Waals surface area contributed by atoms with E-state index < -0.39 is 0 Å². The average molecular weight is 396 g/mol. The molecule has 0 aliphatic heterocycles. The van der Waals surface area contributed by atoms with Crippen molar-refractivity contribution in [1.29, 1.82) is 0 Å². The molecule has 2 heterocycles. The fourth-order valence-corrected chi connectivity index (χ4v) is 2.66. The smallest absolute Gasteiger partial charge is 0.216 e. The third-order valence-electron chi connectivity index (χ3n) is 4.24. The van der Waals surface area contributed by atoms with Crippen molar-refractivity contribution in [1.82, 2.24) is 25.8 Å². The molecule has 0 bridgehead atoms. The summed E-state index contributed by atoms with van der Waals surface area (Å²) in [5.41, 5.74) is 1.14. The number of nitrogens with zero attached hydrogens (tertiary/aromatic N) is 3. The van der Waals surface area contributed by atoms with Gasteiger partial charge < -0.3 is 19.8 Å². The molecule has 8 nitrogen and oxygen atoms in total. The van der Waals surface area contributed by atoms with Gasteiger partial charge >= 0.3 is 0 Å². The first-order valence-corrected chi connectivity index (χ1v) is 9.70. The predicted octanol–water partition coefficient (Wildman–Crippen LogP) is 3.53. The summed E-state index contributed by atoms with van der Waals surface area (Å²) in [5.74, 6) is 3.92. The van der Waals surface area contributed by atoms with Gasteiger partial charge in [0.2, 0.25) is 5.82 Å². The first-order chi connectivity index (χ1) is 14.0. The molecule has 3 rings (SSSR count). The van der Waals surface area contributed by atoms with Crippen LogP contribution in [0.3, 0.4) is 0 Å². The van der Waals surface area contributed by atoms with Crippen LogP contribution in [0.25, 0.3) is 11.6 Å². The van der Waals surface area contributed by atoms with E-state index >= 15 is 0 Å². The first-order valence-electron chi connectivity index (χ1n) is 9.70. The quantitative estimate of drug-likeness (QED) is 0.398. The van der Waals surface area contributed by atoms with E-state index in [1.165, 1.54) is 0 Å². The topological polar surface area (TPSA) is 100 Å². The highest BCUT2D eigenvalue weighted by Gasteiger charge is 2.11. The van der Waals surface area contributed by atoms with Gasteiger partial charge in [-0.2, -0.15) is 0 Å². The Balaban J connectivity index is 1.51. The molecule has 8 heteroatoms. The van der Waals surface area contributed by atoms with Gasteiger partial charge in [0.1, 0.15) is 11.6 Å². The number of furan rings is 1. The van der Waals surface area contributed by atoms with Gasteiger partial charge in [-0.05, 0) is 42.7 Å². The second kappa shape index (κ2) is 9.77. The van der Waals surface area contributed by atoms with Crippen LogP contribution < -0.4 is 15.4 Å². The number of H-pyrrole nitrogens is 1. The fraction of sp³-hybridized carbons (Fsp3) is 0.381. The molecule has 1 unspecified atom stereocenters. The molecule has 1 aromatic carbocycles. The van der Waals surface area contributed by atoms with Crippen LogP contribution in [0.5, 0.6) is 5.75 Å². The lowest BCUT2D eigenvalue weighted by Gasteiger charge is -2.18. The summed E-state index contributed by atoms with van der Waals surface area (Å²) in [5, 5.41) is 13.7. The van der Waals surface area contributed by atoms with Gasteiger partial charge in [-0.25, -0.2) is 4.98 Å². The Labute approximate surface area is 170 Å². The van der Waals surface area contributed by atoms with Crippen molar-refractivity contribution in [2.45, 2.75) is 33.4 Å². The van der Waals surface area contributed by atoms with Crippen LogP contribution >= 0.6 is 0 Å². The highest BCUT2D eigenvalue weighted by atomic mass is 16.5. The Bertz CT molecular complexity index is 900. The normalized spacial score (nSPS) is 12.8. The summed E-state index contributed by atoms with van der Waals surface area (Å²) >= 11 is 0. The summed E-state index contributed by atoms with van der Waals surface area (Å²) in [4.78, 5) is 8.70. The lowest BCUT2D eigenvalue weighted by Crippen LogP contribution is -2.38. The number of aromatic amines is 1. The minimum Gasteiger partial charge on any atom is -0.493 e. The highest BCUT2D eigenvalue weighted by Crippen LogP contribution is 2.18. The number of benzene rings is 1. The van der Waals surface area contributed by atoms with Crippen LogP contribution in [-0.4, -0.2) is 34.8 Å². The lowest BCUT2D eigenvalue weighted by molar-refractivity contribution is 0.271. The van der Waals surface area contributed by atoms with Crippen LogP contribution in [-0.2, 0) is 6.54 Å². The Morgan fingerprint density at radius 1 is 1.21 bits per heavy atom. The van der Waals surface area contributed by atoms with Crippen molar-refractivity contribution in [3.63, 3.8) is 0 Å². The average Bonchev–Trinajstić information content (AvgIpc) is 3.41. The summed E-state index contributed by atoms with van der Waals surface area (Å²) < 4.78 is 11.0. The molecule has 0 aliphatic rings. The van der Waals surface area contributed by atoms with Crippen molar-refractivity contribution >= 4 is 5.96 Å². The van der Waals surface area contributed by atoms with Crippen molar-refractivity contribution in [2.75, 3.05) is 13.7 Å². The molecule has 29 heavy (non-hydrogen) atoms. The lowest BCUT2D eigenvalue weighted by atomic mass is 10.1. The highest BCUT2D eigenvalue weighted by molar-refractivity contribution is 5.80. The number of aliphatic imine (C=N–C) groups is 1. The standard InChI is InChI=1S/C21H28N6O2/c1-14(2)13-29-17-9-7-16(8-10-17)15(3)24-21(22-4)23-12-19-25-20(27-26-19)18-6-5-11-28-18/h5-11,14-15H,12-13H2,1-4H3,(H2,22,23,24)(H,25,26,27). The molecule has 3 N–H and O–H groups in total. The van der Waals surface area contributed by atoms with Crippen LogP contribution in [0.4, 0.5) is 0 Å². The number of hydrogen-bond donors (Lipinski definition) is 3. The van der Waals surface area contributed by atoms with Gasteiger partial charge in [-0.3, -0.25) is 10.1 Å². The molecule has 154 valence electrons. The van der Waals surface area contributed by atoms with Gasteiger partial charge in [0.15, 0.2) is 11.7 Å². The zero-order valence-electron chi connectivity index (χ0n) is 17.3. The number of aromatic nitrogens is 3. The van der Waals surface area contributed by atoms with E-state index in [-0.39, 0.29) is 6.04 Å². The van der Waals surface area contributed by atoms with E-state index in [4.69, 9.17) is 9.15 Å². The van der Waals surface area contributed by atoms with E-state index in [9.17, 15) is 0 Å². The Morgan fingerprint density at radius 2 is 2.00 bits per heavy atom. The van der Waals surface area contributed by atoms with Crippen molar-refractivity contribution < 1.29 is 9.15 Å². The van der Waals surface area contributed by atoms with Crippen LogP contribution in [0, 0.1) is 5.92 Å². The molecule has 0 saturated heterocycles. The molecule has 0 aliphatic carbocycles. The number of ether oxygens (including phenoxy) is 1. The Hall–Kier alpha value is -3.29. The summed E-state index contributed by atoms with van der Waals surface area (Å²) in [6.45, 7) is 7.53. The summed E-state index contributed by atoms with van der Waals surface area (Å²) in [6, 6.07) is 11.8. The number of nitrogens with one attached hydrogen (secondary N) is 3. The van der Waals surface area contributed by atoms with E-state index in [1.54, 1.807) is 19.4 Å². The Morgan fingerprint density at radius 3 is 2.66 bits per heavy atom. The first kappa shape index (κ1) is 20.4. The number of hydrogen-bond acceptors (Lipinski definition) is 5. The van der Waals surface area contributed by atoms with E-state index in [1.807, 2.05) is 18.2 Å². The third kappa shape index (κ3) is 5.84. The molecule has 0 radical (unpaired) electrons. The van der Waals surface area contributed by atoms with Crippen LogP contribution in [0.15, 0.2) is 52.1 Å². The maximum Gasteiger partial charge on any atom is 0.216 e. The summed E-state index contributed by atoms with van der Waals surface area (Å²) in [7, 11) is 1.74. The van der Waals surface area contributed by atoms with Crippen LogP contribution in [0.2, 0.25) is 0 Å². The third-order valence-corrected chi connectivity index (χ3v) is 4.24. The molecular formula is C21H28N6O2. The molecule has 0 saturated carbocycles. The van der Waals surface area contributed by atoms with Gasteiger partial charge in [-0.1, -0.05) is 26.0 Å². The SMILES string of the molecule is CN=C(NCc1nc(-c2ccco2)n[nH]1)NC(C)c1ccc(OCC(C)C)cc1. The van der Waals surface area contributed by atoms with Gasteiger partial charge in [0.05, 0.1) is 25.5 Å². The molecule has 0 amide bonds. The van der Waals surface area contributed by atoms with Crippen molar-refractivity contribution in [2.24, 2.45) is 10.9 Å². The van der Waals surface area contributed by atoms with Crippen molar-refractivity contribution in [3.05, 3.63) is 54.0 Å². The van der Waals surface area contributed by atoms with Gasteiger partial charge in [0, 0.05) is 7.05 Å². The van der Waals surface area contributed by atoms with Gasteiger partial charge in [-0.15, -0.1) is 5.10 Å². The Kier molecular flexibility index (Phi) is 6.89. The number of guanidine groups is 1. The summed E-state index contributed by atoms with van der Waals surface area (Å²) in [6.07, 6.45) is 1.60. The largest absolute Gasteiger partial charge is 0.493 e. The molecule has 1 atom stereocenters. The van der Waals surface area contributed by atoms with Crippen molar-refractivity contribution in [3.8, 4) is 17.3 Å². The monoisotopic (exact) mass is 396 g/mol. The maximum atomic E-state index is 5.74. The minimum absolute atomic E-state index is 0.0776. The molecule has 0 spiro atoms. The molecule has 3 aromatic rings. The predicted molar refractivity (Wildman–Crippen MR) is 113 cm³/mol. The molecule has 0 fully saturated rings. The van der Waals surface area contributed by atoms with E-state index in [0.29, 0.717) is 42.4 Å². The zero-order chi connectivity index (χ0) is 20.6. The molecule has 2 aromatic heterocycles. The second-order valence-electron chi connectivity index (χ2n) is 7.15.